The van der Waals surface area contributed by atoms with Crippen LogP contribution in [-0.4, -0.2) is 4.57 Å². The number of aromatic nitrogens is 1. The zero-order chi connectivity index (χ0) is 39.5. The fourth-order valence-corrected chi connectivity index (χ4v) is 9.18. The molecule has 2 aromatic heterocycles. The molecule has 0 aliphatic heterocycles. The second-order valence-corrected chi connectivity index (χ2v) is 16.6. The highest BCUT2D eigenvalue weighted by atomic mass is 79.9. The van der Waals surface area contributed by atoms with Gasteiger partial charge in [0.25, 0.3) is 0 Å². The molecule has 5 heteroatoms. The van der Waals surface area contributed by atoms with E-state index in [2.05, 4.69) is 235 Å². The van der Waals surface area contributed by atoms with Gasteiger partial charge in [-0.05, 0) is 101 Å². The molecule has 0 amide bonds. The van der Waals surface area contributed by atoms with Gasteiger partial charge in [0.05, 0.1) is 16.7 Å². The van der Waals surface area contributed by atoms with Crippen LogP contribution in [-0.2, 0) is 0 Å². The first kappa shape index (κ1) is 35.5. The summed E-state index contributed by atoms with van der Waals surface area (Å²) in [5, 5.41) is 4.71. The molecule has 280 valence electrons. The minimum absolute atomic E-state index is 0.902. The molecule has 0 atom stereocenters. The van der Waals surface area contributed by atoms with Crippen molar-refractivity contribution in [3.05, 3.63) is 215 Å². The topological polar surface area (TPSA) is 21.3 Å². The predicted octanol–water partition coefficient (Wildman–Crippen LogP) is 16.7. The van der Waals surface area contributed by atoms with Gasteiger partial charge in [-0.3, -0.25) is 0 Å². The van der Waals surface area contributed by atoms with Gasteiger partial charge < -0.3 is 13.9 Å². The van der Waals surface area contributed by atoms with Crippen molar-refractivity contribution in [1.82, 2.24) is 4.57 Å². The van der Waals surface area contributed by atoms with Gasteiger partial charge in [-0.25, -0.2) is 0 Å². The molecule has 59 heavy (non-hydrogen) atoms. The van der Waals surface area contributed by atoms with Crippen LogP contribution in [0, 0.1) is 0 Å². The molecule has 0 saturated heterocycles. The van der Waals surface area contributed by atoms with Crippen LogP contribution in [0.2, 0.25) is 0 Å². The third-order valence-corrected chi connectivity index (χ3v) is 12.4. The number of furan rings is 1. The minimum atomic E-state index is 0.902. The molecule has 0 aliphatic rings. The number of anilines is 3. The number of fused-ring (bicyclic) bond motifs is 6. The molecule has 3 nitrogen and oxygen atoms in total. The average molecular weight is 887 g/mol. The van der Waals surface area contributed by atoms with E-state index < -0.39 is 0 Å². The molecule has 11 rings (SSSR count). The van der Waals surface area contributed by atoms with Crippen LogP contribution in [0.3, 0.4) is 0 Å². The summed E-state index contributed by atoms with van der Waals surface area (Å²) < 4.78 is 10.9. The lowest BCUT2D eigenvalue weighted by Crippen LogP contribution is -2.11. The summed E-state index contributed by atoms with van der Waals surface area (Å²) in [6.07, 6.45) is 0. The van der Waals surface area contributed by atoms with Gasteiger partial charge in [0, 0.05) is 58.7 Å². The first-order valence-electron chi connectivity index (χ1n) is 19.6. The molecule has 0 aliphatic carbocycles. The van der Waals surface area contributed by atoms with Crippen LogP contribution in [0.4, 0.5) is 17.1 Å². The van der Waals surface area contributed by atoms with Crippen molar-refractivity contribution in [3.8, 4) is 39.1 Å². The summed E-state index contributed by atoms with van der Waals surface area (Å²) in [5.74, 6) is 0. The first-order valence-corrected chi connectivity index (χ1v) is 21.2. The van der Waals surface area contributed by atoms with Gasteiger partial charge in [0.1, 0.15) is 11.2 Å². The Morgan fingerprint density at radius 1 is 0.390 bits per heavy atom. The van der Waals surface area contributed by atoms with Gasteiger partial charge in [-0.1, -0.05) is 159 Å². The van der Waals surface area contributed by atoms with Gasteiger partial charge in [0.15, 0.2) is 0 Å². The third-order valence-electron chi connectivity index (χ3n) is 11.3. The zero-order valence-electron chi connectivity index (χ0n) is 31.7. The quantitative estimate of drug-likeness (QED) is 0.159. The predicted molar refractivity (Wildman–Crippen MR) is 254 cm³/mol. The van der Waals surface area contributed by atoms with Crippen LogP contribution < -0.4 is 4.90 Å². The summed E-state index contributed by atoms with van der Waals surface area (Å²) >= 11 is 7.35. The van der Waals surface area contributed by atoms with E-state index in [0.717, 1.165) is 87.0 Å². The molecule has 0 unspecified atom stereocenters. The SMILES string of the molecule is Brc1ccc(-n2c3cc(Br)ccc3c3ccc(-c4ccc(N(c5ccc(-c6cccc7c6oc6ccccc67)cc5)c5ccccc5-c5ccccc5)cc4)cc32)cc1. The van der Waals surface area contributed by atoms with Crippen LogP contribution in [0.1, 0.15) is 0 Å². The van der Waals surface area contributed by atoms with E-state index in [9.17, 15) is 0 Å². The highest BCUT2D eigenvalue weighted by Gasteiger charge is 2.19. The molecule has 11 aromatic rings. The summed E-state index contributed by atoms with van der Waals surface area (Å²) in [5.41, 5.74) is 15.3. The smallest absolute Gasteiger partial charge is 0.143 e. The largest absolute Gasteiger partial charge is 0.455 e. The first-order chi connectivity index (χ1) is 29.1. The number of hydrogen-bond donors (Lipinski definition) is 0. The third kappa shape index (κ3) is 6.26. The van der Waals surface area contributed by atoms with Crippen molar-refractivity contribution in [2.75, 3.05) is 4.90 Å². The molecule has 0 bridgehead atoms. The van der Waals surface area contributed by atoms with E-state index in [1.54, 1.807) is 0 Å². The lowest BCUT2D eigenvalue weighted by molar-refractivity contribution is 0.670. The summed E-state index contributed by atoms with van der Waals surface area (Å²) in [6, 6.07) is 73.7. The molecule has 2 heterocycles. The number of rotatable bonds is 7. The summed E-state index contributed by atoms with van der Waals surface area (Å²) in [6.45, 7) is 0. The summed E-state index contributed by atoms with van der Waals surface area (Å²) in [7, 11) is 0. The molecular formula is C54H34Br2N2O. The molecule has 0 radical (unpaired) electrons. The normalized spacial score (nSPS) is 11.6. The number of benzene rings is 9. The molecule has 0 N–H and O–H groups in total. The monoisotopic (exact) mass is 884 g/mol. The Morgan fingerprint density at radius 3 is 1.75 bits per heavy atom. The van der Waals surface area contributed by atoms with E-state index in [0.29, 0.717) is 0 Å². The second kappa shape index (κ2) is 14.6. The van der Waals surface area contributed by atoms with Crippen LogP contribution in [0.25, 0.3) is 82.8 Å². The van der Waals surface area contributed by atoms with E-state index in [4.69, 9.17) is 4.42 Å². The lowest BCUT2D eigenvalue weighted by atomic mass is 9.99. The van der Waals surface area contributed by atoms with Crippen molar-refractivity contribution in [2.45, 2.75) is 0 Å². The Kier molecular flexibility index (Phi) is 8.80. The Labute approximate surface area is 358 Å². The minimum Gasteiger partial charge on any atom is -0.455 e. The number of hydrogen-bond acceptors (Lipinski definition) is 2. The standard InChI is InChI=1S/C54H34Br2N2O/c55-39-22-29-43(30-23-39)58-51-33-38(21-31-46(51)47-32-24-40(56)34-52(47)58)35-17-25-41(26-18-35)57(50-15-6-4-11-44(50)36-9-2-1-3-10-36)42-27-19-37(20-28-42)45-13-8-14-49-48-12-5-7-16-53(48)59-54(45)49/h1-34H. The Hall–Kier alpha value is -6.66. The lowest BCUT2D eigenvalue weighted by Gasteiger charge is -2.28. The van der Waals surface area contributed by atoms with E-state index in [1.165, 1.54) is 21.9 Å². The maximum atomic E-state index is 6.43. The van der Waals surface area contributed by atoms with E-state index >= 15 is 0 Å². The van der Waals surface area contributed by atoms with E-state index in [-0.39, 0.29) is 0 Å². The molecule has 0 fully saturated rings. The number of nitrogens with zero attached hydrogens (tertiary/aromatic N) is 2. The van der Waals surface area contributed by atoms with Crippen molar-refractivity contribution in [3.63, 3.8) is 0 Å². The molecular weight excluding hydrogens is 852 g/mol. The Balaban J connectivity index is 1.02. The van der Waals surface area contributed by atoms with Gasteiger partial charge >= 0.3 is 0 Å². The van der Waals surface area contributed by atoms with Crippen molar-refractivity contribution >= 4 is 92.7 Å². The fraction of sp³-hybridized carbons (Fsp3) is 0. The van der Waals surface area contributed by atoms with Crippen LogP contribution in [0.5, 0.6) is 0 Å². The molecule has 9 aromatic carbocycles. The van der Waals surface area contributed by atoms with Gasteiger partial charge in [-0.2, -0.15) is 0 Å². The fourth-order valence-electron chi connectivity index (χ4n) is 8.56. The number of halogens is 2. The average Bonchev–Trinajstić information content (AvgIpc) is 3.83. The van der Waals surface area contributed by atoms with Gasteiger partial charge in [-0.15, -0.1) is 0 Å². The maximum Gasteiger partial charge on any atom is 0.143 e. The van der Waals surface area contributed by atoms with Crippen molar-refractivity contribution < 1.29 is 4.42 Å². The van der Waals surface area contributed by atoms with Gasteiger partial charge in [0.2, 0.25) is 0 Å². The molecule has 0 spiro atoms. The Morgan fingerprint density at radius 2 is 0.966 bits per heavy atom. The maximum absolute atomic E-state index is 6.43. The van der Waals surface area contributed by atoms with Crippen LogP contribution >= 0.6 is 31.9 Å². The van der Waals surface area contributed by atoms with Crippen molar-refractivity contribution in [1.29, 1.82) is 0 Å². The number of para-hydroxylation sites is 3. The summed E-state index contributed by atoms with van der Waals surface area (Å²) in [4.78, 5) is 2.37. The molecule has 0 saturated carbocycles. The Bertz CT molecular complexity index is 3330. The second-order valence-electron chi connectivity index (χ2n) is 14.8. The van der Waals surface area contributed by atoms with Crippen molar-refractivity contribution in [2.24, 2.45) is 0 Å². The highest BCUT2D eigenvalue weighted by Crippen LogP contribution is 2.43. The zero-order valence-corrected chi connectivity index (χ0v) is 34.9. The van der Waals surface area contributed by atoms with E-state index in [1.807, 2.05) is 12.1 Å². The van der Waals surface area contributed by atoms with Crippen LogP contribution in [0.15, 0.2) is 220 Å². The highest BCUT2D eigenvalue weighted by molar-refractivity contribution is 9.10.